The van der Waals surface area contributed by atoms with Crippen LogP contribution in [0, 0.1) is 6.92 Å². The molecule has 3 aromatic heterocycles. The number of ether oxygens (including phenoxy) is 3. The van der Waals surface area contributed by atoms with Crippen LogP contribution in [0.2, 0.25) is 0 Å². The second-order valence-electron chi connectivity index (χ2n) is 6.35. The summed E-state index contributed by atoms with van der Waals surface area (Å²) in [6.07, 6.45) is 0. The summed E-state index contributed by atoms with van der Waals surface area (Å²) < 4.78 is 21.4. The fraction of sp³-hybridized carbons (Fsp3) is 0.190. The van der Waals surface area contributed by atoms with E-state index in [1.807, 2.05) is 17.5 Å². The Balaban J connectivity index is 1.78. The quantitative estimate of drug-likeness (QED) is 0.484. The predicted molar refractivity (Wildman–Crippen MR) is 114 cm³/mol. The van der Waals surface area contributed by atoms with E-state index in [1.54, 1.807) is 25.1 Å². The molecule has 0 spiro atoms. The molecule has 3 heterocycles. The normalized spacial score (nSPS) is 10.8. The lowest BCUT2D eigenvalue weighted by Gasteiger charge is -2.15. The van der Waals surface area contributed by atoms with E-state index in [0.29, 0.717) is 51.0 Å². The molecule has 4 aromatic rings. The van der Waals surface area contributed by atoms with Crippen molar-refractivity contribution in [2.75, 3.05) is 26.6 Å². The smallest absolute Gasteiger partial charge is 0.259 e. The molecule has 8 nitrogen and oxygen atoms in total. The number of benzene rings is 1. The molecule has 9 heteroatoms. The van der Waals surface area contributed by atoms with Crippen molar-refractivity contribution >= 4 is 34.0 Å². The third-order valence-electron chi connectivity index (χ3n) is 4.56. The molecule has 1 aromatic carbocycles. The van der Waals surface area contributed by atoms with Crippen LogP contribution in [0.4, 0.5) is 5.69 Å². The molecular formula is C21H19N3O5S. The van der Waals surface area contributed by atoms with Gasteiger partial charge < -0.3 is 24.1 Å². The maximum atomic E-state index is 13.2. The van der Waals surface area contributed by atoms with Crippen molar-refractivity contribution in [3.05, 3.63) is 47.0 Å². The number of carbonyl (C=O) groups excluding carboxylic acids is 1. The van der Waals surface area contributed by atoms with Gasteiger partial charge in [-0.15, -0.1) is 11.3 Å². The van der Waals surface area contributed by atoms with Gasteiger partial charge in [0.1, 0.15) is 0 Å². The van der Waals surface area contributed by atoms with Crippen LogP contribution < -0.4 is 19.5 Å². The average molecular weight is 425 g/mol. The highest BCUT2D eigenvalue weighted by Gasteiger charge is 2.21. The highest BCUT2D eigenvalue weighted by Crippen LogP contribution is 2.40. The first-order valence-electron chi connectivity index (χ1n) is 8.98. The second kappa shape index (κ2) is 8.03. The number of rotatable bonds is 6. The Hall–Kier alpha value is -3.59. The molecule has 30 heavy (non-hydrogen) atoms. The summed E-state index contributed by atoms with van der Waals surface area (Å²) in [7, 11) is 4.55. The summed E-state index contributed by atoms with van der Waals surface area (Å²) in [6, 6.07) is 8.93. The van der Waals surface area contributed by atoms with Crippen molar-refractivity contribution in [1.29, 1.82) is 0 Å². The van der Waals surface area contributed by atoms with Gasteiger partial charge in [-0.25, -0.2) is 4.98 Å². The maximum Gasteiger partial charge on any atom is 0.259 e. The number of amides is 1. The van der Waals surface area contributed by atoms with Crippen molar-refractivity contribution in [2.45, 2.75) is 6.92 Å². The molecule has 1 amide bonds. The van der Waals surface area contributed by atoms with Crippen molar-refractivity contribution in [3.8, 4) is 27.8 Å². The van der Waals surface area contributed by atoms with E-state index < -0.39 is 0 Å². The molecular weight excluding hydrogens is 406 g/mol. The van der Waals surface area contributed by atoms with Gasteiger partial charge in [-0.3, -0.25) is 4.79 Å². The molecule has 0 atom stereocenters. The van der Waals surface area contributed by atoms with Gasteiger partial charge >= 0.3 is 0 Å². The van der Waals surface area contributed by atoms with E-state index in [-0.39, 0.29) is 5.91 Å². The second-order valence-corrected chi connectivity index (χ2v) is 7.30. The zero-order chi connectivity index (χ0) is 21.3. The molecule has 0 saturated carbocycles. The van der Waals surface area contributed by atoms with Gasteiger partial charge in [-0.05, 0) is 24.4 Å². The van der Waals surface area contributed by atoms with Crippen molar-refractivity contribution in [3.63, 3.8) is 0 Å². The summed E-state index contributed by atoms with van der Waals surface area (Å²) in [5.74, 6) is 0.986. The minimum atomic E-state index is -0.333. The first-order valence-corrected chi connectivity index (χ1v) is 9.86. The van der Waals surface area contributed by atoms with Gasteiger partial charge in [0.15, 0.2) is 11.5 Å². The minimum Gasteiger partial charge on any atom is -0.493 e. The Morgan fingerprint density at radius 3 is 2.43 bits per heavy atom. The number of thiophene rings is 1. The van der Waals surface area contributed by atoms with Crippen LogP contribution in [0.15, 0.2) is 40.2 Å². The zero-order valence-corrected chi connectivity index (χ0v) is 17.6. The van der Waals surface area contributed by atoms with Gasteiger partial charge in [0.2, 0.25) is 5.75 Å². The third-order valence-corrected chi connectivity index (χ3v) is 5.45. The highest BCUT2D eigenvalue weighted by atomic mass is 32.1. The molecule has 0 aliphatic carbocycles. The van der Waals surface area contributed by atoms with Crippen LogP contribution in [0.5, 0.6) is 17.2 Å². The lowest BCUT2D eigenvalue weighted by Crippen LogP contribution is -2.13. The topological polar surface area (TPSA) is 95.7 Å². The minimum absolute atomic E-state index is 0.313. The number of hydrogen-bond donors (Lipinski definition) is 1. The monoisotopic (exact) mass is 425 g/mol. The van der Waals surface area contributed by atoms with Crippen LogP contribution in [0.3, 0.4) is 0 Å². The number of pyridine rings is 1. The lowest BCUT2D eigenvalue weighted by molar-refractivity contribution is 0.102. The number of fused-ring (bicyclic) bond motifs is 1. The first-order chi connectivity index (χ1) is 14.5. The fourth-order valence-electron chi connectivity index (χ4n) is 3.18. The Kier molecular flexibility index (Phi) is 5.28. The van der Waals surface area contributed by atoms with Gasteiger partial charge in [0.05, 0.1) is 48.5 Å². The van der Waals surface area contributed by atoms with E-state index in [4.69, 9.17) is 18.7 Å². The molecule has 4 rings (SSSR count). The van der Waals surface area contributed by atoms with Crippen molar-refractivity contribution < 1.29 is 23.5 Å². The molecule has 0 radical (unpaired) electrons. The summed E-state index contributed by atoms with van der Waals surface area (Å²) in [5, 5.41) is 9.38. The van der Waals surface area contributed by atoms with E-state index in [2.05, 4.69) is 15.5 Å². The molecule has 1 N–H and O–H groups in total. The van der Waals surface area contributed by atoms with E-state index in [1.165, 1.54) is 32.7 Å². The molecule has 0 bridgehead atoms. The number of methoxy groups -OCH3 is 3. The van der Waals surface area contributed by atoms with E-state index in [0.717, 1.165) is 4.88 Å². The van der Waals surface area contributed by atoms with Gasteiger partial charge in [0.25, 0.3) is 11.6 Å². The van der Waals surface area contributed by atoms with Crippen LogP contribution in [-0.4, -0.2) is 37.4 Å². The molecule has 0 aliphatic rings. The molecule has 0 aliphatic heterocycles. The number of aromatic nitrogens is 2. The van der Waals surface area contributed by atoms with Gasteiger partial charge in [-0.1, -0.05) is 11.2 Å². The standard InChI is InChI=1S/C21H19N3O5S/c1-11-18-13(10-14(17-6-5-7-30-17)23-21(18)29-24-11)20(25)22-12-8-15(26-2)19(28-4)16(9-12)27-3/h5-10H,1-4H3,(H,22,25). The number of nitrogens with zero attached hydrogens (tertiary/aromatic N) is 2. The SMILES string of the molecule is COc1cc(NC(=O)c2cc(-c3cccs3)nc3onc(C)c23)cc(OC)c1OC. The molecule has 0 unspecified atom stereocenters. The number of aryl methyl sites for hydroxylation is 1. The maximum absolute atomic E-state index is 13.2. The Bertz CT molecular complexity index is 1190. The predicted octanol–water partition coefficient (Wildman–Crippen LogP) is 4.54. The summed E-state index contributed by atoms with van der Waals surface area (Å²) >= 11 is 1.53. The van der Waals surface area contributed by atoms with Gasteiger partial charge in [0, 0.05) is 17.8 Å². The van der Waals surface area contributed by atoms with Crippen LogP contribution in [0.25, 0.3) is 21.7 Å². The van der Waals surface area contributed by atoms with E-state index >= 15 is 0 Å². The largest absolute Gasteiger partial charge is 0.493 e. The van der Waals surface area contributed by atoms with E-state index in [9.17, 15) is 4.79 Å². The first kappa shape index (κ1) is 19.7. The van der Waals surface area contributed by atoms with Gasteiger partial charge in [-0.2, -0.15) is 0 Å². The number of nitrogens with one attached hydrogen (secondary N) is 1. The highest BCUT2D eigenvalue weighted by molar-refractivity contribution is 7.13. The number of carbonyl (C=O) groups is 1. The van der Waals surface area contributed by atoms with Crippen LogP contribution in [0.1, 0.15) is 16.1 Å². The average Bonchev–Trinajstić information content (AvgIpc) is 3.42. The molecule has 154 valence electrons. The Labute approximate surface area is 176 Å². The van der Waals surface area contributed by atoms with Crippen molar-refractivity contribution in [1.82, 2.24) is 10.1 Å². The number of anilines is 1. The fourth-order valence-corrected chi connectivity index (χ4v) is 3.86. The van der Waals surface area contributed by atoms with Crippen LogP contribution >= 0.6 is 11.3 Å². The summed E-state index contributed by atoms with van der Waals surface area (Å²) in [6.45, 7) is 1.77. The Morgan fingerprint density at radius 2 is 1.83 bits per heavy atom. The third kappa shape index (κ3) is 3.43. The molecule has 0 saturated heterocycles. The van der Waals surface area contributed by atoms with Crippen molar-refractivity contribution in [2.24, 2.45) is 0 Å². The Morgan fingerprint density at radius 1 is 1.10 bits per heavy atom. The summed E-state index contributed by atoms with van der Waals surface area (Å²) in [4.78, 5) is 18.7. The van der Waals surface area contributed by atoms with Crippen LogP contribution in [-0.2, 0) is 0 Å². The molecule has 0 fully saturated rings. The zero-order valence-electron chi connectivity index (χ0n) is 16.8. The number of hydrogen-bond acceptors (Lipinski definition) is 8. The summed E-state index contributed by atoms with van der Waals surface area (Å²) in [5.41, 5.74) is 2.45. The lowest BCUT2D eigenvalue weighted by atomic mass is 10.1.